The Kier molecular flexibility index (Phi) is 5.11. The topological polar surface area (TPSA) is 41.5 Å². The first-order valence-corrected chi connectivity index (χ1v) is 6.47. The summed E-state index contributed by atoms with van der Waals surface area (Å²) in [6, 6.07) is 5.99. The molecule has 1 fully saturated rings. The highest BCUT2D eigenvalue weighted by Gasteiger charge is 2.14. The Morgan fingerprint density at radius 1 is 1.28 bits per heavy atom. The van der Waals surface area contributed by atoms with Gasteiger partial charge in [-0.05, 0) is 43.0 Å². The molecule has 2 rings (SSSR count). The lowest BCUT2D eigenvalue weighted by Crippen LogP contribution is -2.30. The van der Waals surface area contributed by atoms with Gasteiger partial charge >= 0.3 is 0 Å². The Hall–Kier alpha value is -0.970. The molecule has 0 aliphatic carbocycles. The van der Waals surface area contributed by atoms with E-state index in [1.165, 1.54) is 12.1 Å². The van der Waals surface area contributed by atoms with Gasteiger partial charge in [0, 0.05) is 19.8 Å². The quantitative estimate of drug-likeness (QED) is 0.842. The summed E-state index contributed by atoms with van der Waals surface area (Å²) in [5, 5.41) is 13.2. The largest absolute Gasteiger partial charge is 0.387 e. The second kappa shape index (κ2) is 6.83. The van der Waals surface area contributed by atoms with E-state index < -0.39 is 6.10 Å². The number of ether oxygens (including phenoxy) is 1. The molecule has 0 amide bonds. The maximum atomic E-state index is 12.7. The molecule has 1 saturated heterocycles. The van der Waals surface area contributed by atoms with Crippen LogP contribution < -0.4 is 5.32 Å². The fourth-order valence-corrected chi connectivity index (χ4v) is 2.18. The van der Waals surface area contributed by atoms with Gasteiger partial charge in [0.25, 0.3) is 0 Å². The minimum absolute atomic E-state index is 0.277. The Morgan fingerprint density at radius 2 is 1.94 bits per heavy atom. The van der Waals surface area contributed by atoms with Crippen LogP contribution in [0.4, 0.5) is 4.39 Å². The molecule has 1 unspecified atom stereocenters. The molecule has 100 valence electrons. The monoisotopic (exact) mass is 253 g/mol. The number of aliphatic hydroxyl groups is 1. The molecule has 1 aliphatic rings. The van der Waals surface area contributed by atoms with Gasteiger partial charge in [0.15, 0.2) is 0 Å². The molecule has 4 heteroatoms. The highest BCUT2D eigenvalue weighted by molar-refractivity contribution is 5.18. The molecule has 1 aliphatic heterocycles. The van der Waals surface area contributed by atoms with Crippen LogP contribution in [0, 0.1) is 11.7 Å². The standard InChI is InChI=1S/C14H20FNO2/c15-13-3-1-12(2-4-13)14(17)10-16-9-11-5-7-18-8-6-11/h1-4,11,14,16-17H,5-10H2. The van der Waals surface area contributed by atoms with Crippen molar-refractivity contribution in [3.05, 3.63) is 35.6 Å². The van der Waals surface area contributed by atoms with Gasteiger partial charge in [0.05, 0.1) is 6.10 Å². The molecular weight excluding hydrogens is 233 g/mol. The van der Waals surface area contributed by atoms with E-state index in [2.05, 4.69) is 5.32 Å². The van der Waals surface area contributed by atoms with E-state index in [1.807, 2.05) is 0 Å². The van der Waals surface area contributed by atoms with Gasteiger partial charge < -0.3 is 15.2 Å². The maximum absolute atomic E-state index is 12.7. The van der Waals surface area contributed by atoms with Crippen LogP contribution in [0.1, 0.15) is 24.5 Å². The van der Waals surface area contributed by atoms with Crippen LogP contribution in [0.3, 0.4) is 0 Å². The second-order valence-electron chi connectivity index (χ2n) is 4.78. The number of nitrogens with one attached hydrogen (secondary N) is 1. The molecule has 1 atom stereocenters. The number of halogens is 1. The van der Waals surface area contributed by atoms with Crippen molar-refractivity contribution >= 4 is 0 Å². The van der Waals surface area contributed by atoms with E-state index in [-0.39, 0.29) is 5.82 Å². The lowest BCUT2D eigenvalue weighted by molar-refractivity contribution is 0.0649. The van der Waals surface area contributed by atoms with Crippen molar-refractivity contribution in [1.82, 2.24) is 5.32 Å². The first-order chi connectivity index (χ1) is 8.75. The van der Waals surface area contributed by atoms with Crippen molar-refractivity contribution in [1.29, 1.82) is 0 Å². The van der Waals surface area contributed by atoms with Gasteiger partial charge in [-0.3, -0.25) is 0 Å². The summed E-state index contributed by atoms with van der Waals surface area (Å²) in [5.74, 6) is 0.361. The van der Waals surface area contributed by atoms with E-state index in [9.17, 15) is 9.50 Å². The summed E-state index contributed by atoms with van der Waals surface area (Å²) in [6.45, 7) is 3.09. The zero-order valence-electron chi connectivity index (χ0n) is 10.4. The average molecular weight is 253 g/mol. The van der Waals surface area contributed by atoms with Crippen molar-refractivity contribution < 1.29 is 14.2 Å². The molecular formula is C14H20FNO2. The van der Waals surface area contributed by atoms with Crippen molar-refractivity contribution in [3.8, 4) is 0 Å². The van der Waals surface area contributed by atoms with Crippen LogP contribution >= 0.6 is 0 Å². The van der Waals surface area contributed by atoms with Gasteiger partial charge in [0.1, 0.15) is 5.82 Å². The average Bonchev–Trinajstić information content (AvgIpc) is 2.40. The summed E-state index contributed by atoms with van der Waals surface area (Å²) >= 11 is 0. The molecule has 0 radical (unpaired) electrons. The molecule has 18 heavy (non-hydrogen) atoms. The zero-order chi connectivity index (χ0) is 12.8. The van der Waals surface area contributed by atoms with Crippen LogP contribution in [-0.4, -0.2) is 31.4 Å². The number of hydrogen-bond donors (Lipinski definition) is 2. The maximum Gasteiger partial charge on any atom is 0.123 e. The number of hydrogen-bond acceptors (Lipinski definition) is 3. The normalized spacial score (nSPS) is 18.8. The molecule has 3 nitrogen and oxygen atoms in total. The molecule has 0 spiro atoms. The van der Waals surface area contributed by atoms with Crippen LogP contribution in [0.2, 0.25) is 0 Å². The third-order valence-electron chi connectivity index (χ3n) is 3.37. The summed E-state index contributed by atoms with van der Waals surface area (Å²) in [7, 11) is 0. The summed E-state index contributed by atoms with van der Waals surface area (Å²) in [5.41, 5.74) is 0.746. The molecule has 0 saturated carbocycles. The van der Waals surface area contributed by atoms with Gasteiger partial charge in [-0.15, -0.1) is 0 Å². The minimum atomic E-state index is -0.578. The van der Waals surface area contributed by atoms with Crippen LogP contribution in [0.25, 0.3) is 0 Å². The predicted molar refractivity (Wildman–Crippen MR) is 67.8 cm³/mol. The third kappa shape index (κ3) is 4.05. The molecule has 1 aromatic carbocycles. The highest BCUT2D eigenvalue weighted by Crippen LogP contribution is 2.15. The van der Waals surface area contributed by atoms with Gasteiger partial charge in [-0.2, -0.15) is 0 Å². The molecule has 1 aromatic rings. The van der Waals surface area contributed by atoms with Crippen molar-refractivity contribution in [2.24, 2.45) is 5.92 Å². The van der Waals surface area contributed by atoms with Crippen molar-refractivity contribution in [2.45, 2.75) is 18.9 Å². The fourth-order valence-electron chi connectivity index (χ4n) is 2.18. The molecule has 0 bridgehead atoms. The highest BCUT2D eigenvalue weighted by atomic mass is 19.1. The Bertz CT molecular complexity index is 349. The Labute approximate surface area is 107 Å². The van der Waals surface area contributed by atoms with Crippen LogP contribution in [0.15, 0.2) is 24.3 Å². The fraction of sp³-hybridized carbons (Fsp3) is 0.571. The first kappa shape index (κ1) is 13.5. The molecule has 0 aromatic heterocycles. The summed E-state index contributed by atoms with van der Waals surface area (Å²) < 4.78 is 18.0. The number of benzene rings is 1. The van der Waals surface area contributed by atoms with Crippen LogP contribution in [-0.2, 0) is 4.74 Å². The Balaban J connectivity index is 1.70. The smallest absolute Gasteiger partial charge is 0.123 e. The lowest BCUT2D eigenvalue weighted by atomic mass is 10.0. The van der Waals surface area contributed by atoms with E-state index in [0.717, 1.165) is 38.2 Å². The summed E-state index contributed by atoms with van der Waals surface area (Å²) in [4.78, 5) is 0. The molecule has 1 heterocycles. The number of rotatable bonds is 5. The van der Waals surface area contributed by atoms with E-state index in [0.29, 0.717) is 12.5 Å². The van der Waals surface area contributed by atoms with E-state index >= 15 is 0 Å². The third-order valence-corrected chi connectivity index (χ3v) is 3.37. The Morgan fingerprint density at radius 3 is 2.61 bits per heavy atom. The SMILES string of the molecule is OC(CNCC1CCOCC1)c1ccc(F)cc1. The van der Waals surface area contributed by atoms with Crippen molar-refractivity contribution in [3.63, 3.8) is 0 Å². The lowest BCUT2D eigenvalue weighted by Gasteiger charge is -2.23. The van der Waals surface area contributed by atoms with Crippen molar-refractivity contribution in [2.75, 3.05) is 26.3 Å². The van der Waals surface area contributed by atoms with Gasteiger partial charge in [0.2, 0.25) is 0 Å². The predicted octanol–water partition coefficient (Wildman–Crippen LogP) is 1.88. The minimum Gasteiger partial charge on any atom is -0.387 e. The zero-order valence-corrected chi connectivity index (χ0v) is 10.4. The van der Waals surface area contributed by atoms with Gasteiger partial charge in [-0.1, -0.05) is 12.1 Å². The first-order valence-electron chi connectivity index (χ1n) is 6.47. The summed E-state index contributed by atoms with van der Waals surface area (Å²) in [6.07, 6.45) is 1.59. The van der Waals surface area contributed by atoms with Crippen LogP contribution in [0.5, 0.6) is 0 Å². The van der Waals surface area contributed by atoms with E-state index in [4.69, 9.17) is 4.74 Å². The van der Waals surface area contributed by atoms with Gasteiger partial charge in [-0.25, -0.2) is 4.39 Å². The molecule has 2 N–H and O–H groups in total. The number of aliphatic hydroxyl groups excluding tert-OH is 1. The second-order valence-corrected chi connectivity index (χ2v) is 4.78. The van der Waals surface area contributed by atoms with E-state index in [1.54, 1.807) is 12.1 Å².